The van der Waals surface area contributed by atoms with E-state index < -0.39 is 24.6 Å². The second kappa shape index (κ2) is 13.3. The highest BCUT2D eigenvalue weighted by molar-refractivity contribution is 7.93. The van der Waals surface area contributed by atoms with E-state index in [1.807, 2.05) is 0 Å². The van der Waals surface area contributed by atoms with Gasteiger partial charge in [0.25, 0.3) is 5.69 Å². The predicted molar refractivity (Wildman–Crippen MR) is 110 cm³/mol. The lowest BCUT2D eigenvalue weighted by molar-refractivity contribution is -0.591. The number of nitro benzene ring substituents is 1. The van der Waals surface area contributed by atoms with Crippen LogP contribution in [0.4, 0.5) is 5.69 Å². The number of hydrogen-bond donors (Lipinski definition) is 1. The lowest BCUT2D eigenvalue weighted by Gasteiger charge is -2.00. The third-order valence-corrected chi connectivity index (χ3v) is 5.38. The van der Waals surface area contributed by atoms with Crippen molar-refractivity contribution in [1.82, 2.24) is 0 Å². The van der Waals surface area contributed by atoms with Crippen molar-refractivity contribution in [3.63, 3.8) is 0 Å². The molecule has 2 aromatic rings. The Morgan fingerprint density at radius 2 is 1.50 bits per heavy atom. The van der Waals surface area contributed by atoms with Crippen LogP contribution in [0.1, 0.15) is 5.56 Å². The first-order valence-corrected chi connectivity index (χ1v) is 12.6. The van der Waals surface area contributed by atoms with Crippen LogP contribution in [0.3, 0.4) is 0 Å². The molecule has 14 heteroatoms. The molecule has 0 aliphatic heterocycles. The zero-order chi connectivity index (χ0) is 23.4. The molecular formula is C16H21NO10S3. The highest BCUT2D eigenvalue weighted by atomic mass is 32.2. The number of rotatable bonds is 6. The molecule has 30 heavy (non-hydrogen) atoms. The summed E-state index contributed by atoms with van der Waals surface area (Å²) in [6, 6.07) is 12.1. The molecule has 11 nitrogen and oxygen atoms in total. The molecule has 0 heterocycles. The number of aryl methyl sites for hydroxylation is 1. The molecule has 0 radical (unpaired) electrons. The number of sulfone groups is 2. The molecule has 0 bridgehead atoms. The van der Waals surface area contributed by atoms with E-state index in [1.165, 1.54) is 18.4 Å². The second-order valence-electron chi connectivity index (χ2n) is 5.50. The van der Waals surface area contributed by atoms with E-state index in [9.17, 15) is 26.9 Å². The fourth-order valence-corrected chi connectivity index (χ4v) is 3.22. The molecule has 0 fully saturated rings. The summed E-state index contributed by atoms with van der Waals surface area (Å²) in [6.45, 7) is 1.61. The van der Waals surface area contributed by atoms with Crippen LogP contribution in [0.2, 0.25) is 0 Å². The highest BCUT2D eigenvalue weighted by Gasteiger charge is 2.14. The van der Waals surface area contributed by atoms with Crippen molar-refractivity contribution >= 4 is 37.4 Å². The first kappa shape index (κ1) is 27.9. The molecule has 0 aliphatic rings. The average molecular weight is 484 g/mol. The molecular weight excluding hydrogens is 462 g/mol. The van der Waals surface area contributed by atoms with Gasteiger partial charge in [-0.25, -0.2) is 22.1 Å². The van der Waals surface area contributed by atoms with Gasteiger partial charge in [-0.15, -0.1) is 4.33 Å². The van der Waals surface area contributed by atoms with E-state index in [1.54, 1.807) is 43.5 Å². The van der Waals surface area contributed by atoms with Crippen LogP contribution >= 0.6 is 12.0 Å². The molecule has 0 amide bonds. The molecule has 0 saturated carbocycles. The van der Waals surface area contributed by atoms with Crippen molar-refractivity contribution in [2.75, 3.05) is 18.8 Å². The number of benzene rings is 2. The summed E-state index contributed by atoms with van der Waals surface area (Å²) in [4.78, 5) is 10.2. The fourth-order valence-electron chi connectivity index (χ4n) is 1.76. The number of nitro groups is 1. The minimum Gasteiger partial charge on any atom is -0.258 e. The predicted octanol–water partition coefficient (Wildman–Crippen LogP) is 3.01. The zero-order valence-electron chi connectivity index (χ0n) is 16.4. The lowest BCUT2D eigenvalue weighted by Crippen LogP contribution is -1.99. The van der Waals surface area contributed by atoms with Crippen molar-refractivity contribution in [1.29, 1.82) is 0 Å². The van der Waals surface area contributed by atoms with Crippen molar-refractivity contribution < 1.29 is 41.4 Å². The van der Waals surface area contributed by atoms with E-state index in [0.717, 1.165) is 24.4 Å². The Morgan fingerprint density at radius 3 is 1.83 bits per heavy atom. The van der Waals surface area contributed by atoms with Gasteiger partial charge >= 0.3 is 0 Å². The van der Waals surface area contributed by atoms with E-state index in [4.69, 9.17) is 5.26 Å². The van der Waals surface area contributed by atoms with Crippen LogP contribution in [-0.2, 0) is 34.1 Å². The Bertz CT molecular complexity index is 1000. The average Bonchev–Trinajstić information content (AvgIpc) is 2.66. The summed E-state index contributed by atoms with van der Waals surface area (Å²) < 4.78 is 47.9. The first-order valence-electron chi connectivity index (χ1n) is 7.71. The van der Waals surface area contributed by atoms with Gasteiger partial charge < -0.3 is 0 Å². The SMILES string of the molecule is CS(=O)(=O)c1ccccc1.CSOOOO.Cc1cc([N+](=O)[O-])cc(S(C)(=O)=O)c1. The standard InChI is InChI=1S/C8H9NO4S.C7H8O2S.CH4O4S/c1-6-3-7(9(10)11)5-8(4-6)14(2,12)13;1-10(8,9)7-5-3-2-4-6-7;1-6-5-4-3-2/h3-5H,1-2H3;2-6H,1H3;2H,1H3. The van der Waals surface area contributed by atoms with E-state index in [2.05, 4.69) is 14.4 Å². The van der Waals surface area contributed by atoms with Gasteiger partial charge in [0.05, 0.1) is 14.7 Å². The maximum atomic E-state index is 11.1. The highest BCUT2D eigenvalue weighted by Crippen LogP contribution is 2.20. The summed E-state index contributed by atoms with van der Waals surface area (Å²) in [7, 11) is -6.39. The Morgan fingerprint density at radius 1 is 0.967 bits per heavy atom. The Labute approximate surface area is 178 Å². The van der Waals surface area contributed by atoms with Crippen LogP contribution in [0.25, 0.3) is 0 Å². The van der Waals surface area contributed by atoms with Crippen LogP contribution in [0.5, 0.6) is 0 Å². The largest absolute Gasteiger partial charge is 0.270 e. The molecule has 0 aromatic heterocycles. The van der Waals surface area contributed by atoms with Crippen LogP contribution < -0.4 is 0 Å². The number of non-ortho nitro benzene ring substituents is 1. The number of nitrogens with zero attached hydrogens (tertiary/aromatic N) is 1. The van der Waals surface area contributed by atoms with Gasteiger partial charge in [-0.05, 0) is 40.8 Å². The first-order chi connectivity index (χ1) is 13.8. The maximum Gasteiger partial charge on any atom is 0.270 e. The molecule has 2 aromatic carbocycles. The van der Waals surface area contributed by atoms with Crippen molar-refractivity contribution in [2.45, 2.75) is 16.7 Å². The Hall–Kier alpha value is -2.07. The van der Waals surface area contributed by atoms with Crippen molar-refractivity contribution in [3.8, 4) is 0 Å². The molecule has 0 atom stereocenters. The monoisotopic (exact) mass is 483 g/mol. The second-order valence-corrected chi connectivity index (χ2v) is 10.00. The van der Waals surface area contributed by atoms with Gasteiger partial charge in [0.2, 0.25) is 0 Å². The third-order valence-electron chi connectivity index (χ3n) is 2.97. The summed E-state index contributed by atoms with van der Waals surface area (Å²) in [5.41, 5.74) is 0.352. The summed E-state index contributed by atoms with van der Waals surface area (Å²) in [5, 5.41) is 24.3. The quantitative estimate of drug-likeness (QED) is 0.211. The summed E-state index contributed by atoms with van der Waals surface area (Å²) in [5.74, 6) is 0. The third kappa shape index (κ3) is 11.8. The van der Waals surface area contributed by atoms with E-state index >= 15 is 0 Å². The summed E-state index contributed by atoms with van der Waals surface area (Å²) in [6.07, 6.45) is 3.83. The minimum absolute atomic E-state index is 0.0239. The smallest absolute Gasteiger partial charge is 0.258 e. The van der Waals surface area contributed by atoms with Gasteiger partial charge in [-0.1, -0.05) is 18.2 Å². The lowest BCUT2D eigenvalue weighted by atomic mass is 10.2. The Kier molecular flexibility index (Phi) is 12.4. The molecule has 168 valence electrons. The molecule has 0 aliphatic carbocycles. The molecule has 0 unspecified atom stereocenters. The van der Waals surface area contributed by atoms with E-state index in [0.29, 0.717) is 10.5 Å². The Balaban J connectivity index is 0.000000459. The molecule has 0 spiro atoms. The molecule has 2 rings (SSSR count). The molecule has 1 N–H and O–H groups in total. The van der Waals surface area contributed by atoms with Gasteiger partial charge in [0.15, 0.2) is 19.7 Å². The topological polar surface area (TPSA) is 159 Å². The maximum absolute atomic E-state index is 11.1. The van der Waals surface area contributed by atoms with Gasteiger partial charge in [-0.2, -0.15) is 0 Å². The minimum atomic E-state index is -3.39. The summed E-state index contributed by atoms with van der Waals surface area (Å²) >= 11 is 0.919. The van der Waals surface area contributed by atoms with Gasteiger partial charge in [0.1, 0.15) is 0 Å². The van der Waals surface area contributed by atoms with Crippen LogP contribution in [-0.4, -0.2) is 45.8 Å². The normalized spacial score (nSPS) is 10.8. The number of hydrogen-bond acceptors (Lipinski definition) is 11. The van der Waals surface area contributed by atoms with Gasteiger partial charge in [0, 0.05) is 42.9 Å². The van der Waals surface area contributed by atoms with Crippen molar-refractivity contribution in [3.05, 3.63) is 64.2 Å². The van der Waals surface area contributed by atoms with Crippen molar-refractivity contribution in [2.24, 2.45) is 0 Å². The van der Waals surface area contributed by atoms with E-state index in [-0.39, 0.29) is 10.6 Å². The fraction of sp³-hybridized carbons (Fsp3) is 0.250. The zero-order valence-corrected chi connectivity index (χ0v) is 18.9. The van der Waals surface area contributed by atoms with Crippen LogP contribution in [0, 0.1) is 17.0 Å². The van der Waals surface area contributed by atoms with Crippen LogP contribution in [0.15, 0.2) is 58.3 Å². The molecule has 0 saturated heterocycles. The van der Waals surface area contributed by atoms with Gasteiger partial charge in [-0.3, -0.25) is 10.1 Å².